The summed E-state index contributed by atoms with van der Waals surface area (Å²) in [6.07, 6.45) is 5.67. The smallest absolute Gasteiger partial charge is 0.0702 e. The maximum atomic E-state index is 6.15. The third kappa shape index (κ3) is 3.73. The van der Waals surface area contributed by atoms with Gasteiger partial charge in [0.25, 0.3) is 0 Å². The molecule has 1 aromatic carbocycles. The van der Waals surface area contributed by atoms with Gasteiger partial charge in [0, 0.05) is 30.2 Å². The molecule has 1 aromatic heterocycles. The number of fused-ring (bicyclic) bond motifs is 1. The maximum Gasteiger partial charge on any atom is 0.0702 e. The predicted octanol–water partition coefficient (Wildman–Crippen LogP) is 3.36. The summed E-state index contributed by atoms with van der Waals surface area (Å²) in [5.41, 5.74) is 8.58. The topological polar surface area (TPSA) is 42.1 Å². The molecule has 2 heterocycles. The molecule has 3 rings (SSSR count). The highest BCUT2D eigenvalue weighted by Crippen LogP contribution is 2.22. The third-order valence-electron chi connectivity index (χ3n) is 4.32. The number of hydrogen-bond acceptors (Lipinski definition) is 3. The second-order valence-corrected chi connectivity index (χ2v) is 5.92. The molecule has 2 atom stereocenters. The Kier molecular flexibility index (Phi) is 5.57. The van der Waals surface area contributed by atoms with E-state index in [-0.39, 0.29) is 18.4 Å². The SMILES string of the molecule is CC(N)C1CCCCN1Cc1ccc2ncccc2c1.Cl. The summed E-state index contributed by atoms with van der Waals surface area (Å²) in [7, 11) is 0. The number of nitrogens with zero attached hydrogens (tertiary/aromatic N) is 2. The molecule has 1 aliphatic rings. The van der Waals surface area contributed by atoms with Crippen molar-refractivity contribution in [3.05, 3.63) is 42.1 Å². The molecule has 3 nitrogen and oxygen atoms in total. The Morgan fingerprint density at radius 1 is 1.33 bits per heavy atom. The highest BCUT2D eigenvalue weighted by molar-refractivity contribution is 5.85. The van der Waals surface area contributed by atoms with Crippen molar-refractivity contribution in [2.45, 2.75) is 44.8 Å². The molecule has 4 heteroatoms. The van der Waals surface area contributed by atoms with E-state index in [1.165, 1.54) is 30.2 Å². The van der Waals surface area contributed by atoms with Crippen LogP contribution in [0.3, 0.4) is 0 Å². The molecule has 0 bridgehead atoms. The first kappa shape index (κ1) is 16.2. The van der Waals surface area contributed by atoms with Crippen molar-refractivity contribution in [2.75, 3.05) is 6.54 Å². The van der Waals surface area contributed by atoms with Gasteiger partial charge in [-0.05, 0) is 50.1 Å². The van der Waals surface area contributed by atoms with Gasteiger partial charge >= 0.3 is 0 Å². The number of hydrogen-bond donors (Lipinski definition) is 1. The van der Waals surface area contributed by atoms with Crippen LogP contribution in [0.4, 0.5) is 0 Å². The van der Waals surface area contributed by atoms with Crippen LogP contribution in [0.25, 0.3) is 10.9 Å². The van der Waals surface area contributed by atoms with Crippen molar-refractivity contribution in [3.63, 3.8) is 0 Å². The number of piperidine rings is 1. The molecule has 0 amide bonds. The summed E-state index contributed by atoms with van der Waals surface area (Å²) >= 11 is 0. The molecule has 0 spiro atoms. The minimum atomic E-state index is 0. The minimum absolute atomic E-state index is 0. The highest BCUT2D eigenvalue weighted by atomic mass is 35.5. The van der Waals surface area contributed by atoms with Crippen LogP contribution in [0.2, 0.25) is 0 Å². The van der Waals surface area contributed by atoms with E-state index < -0.39 is 0 Å². The summed E-state index contributed by atoms with van der Waals surface area (Å²) in [6.45, 7) is 4.29. The number of rotatable bonds is 3. The van der Waals surface area contributed by atoms with E-state index in [2.05, 4.69) is 41.1 Å². The van der Waals surface area contributed by atoms with Gasteiger partial charge in [-0.3, -0.25) is 9.88 Å². The van der Waals surface area contributed by atoms with Crippen LogP contribution < -0.4 is 5.73 Å². The molecule has 1 aliphatic heterocycles. The largest absolute Gasteiger partial charge is 0.327 e. The lowest BCUT2D eigenvalue weighted by molar-refractivity contribution is 0.123. The Labute approximate surface area is 132 Å². The van der Waals surface area contributed by atoms with E-state index >= 15 is 0 Å². The van der Waals surface area contributed by atoms with Crippen molar-refractivity contribution in [3.8, 4) is 0 Å². The fourth-order valence-electron chi connectivity index (χ4n) is 3.27. The van der Waals surface area contributed by atoms with Gasteiger partial charge in [0.2, 0.25) is 0 Å². The van der Waals surface area contributed by atoms with E-state index in [0.29, 0.717) is 6.04 Å². The Morgan fingerprint density at radius 3 is 3.00 bits per heavy atom. The van der Waals surface area contributed by atoms with Crippen LogP contribution in [0, 0.1) is 0 Å². The average molecular weight is 306 g/mol. The monoisotopic (exact) mass is 305 g/mol. The van der Waals surface area contributed by atoms with Gasteiger partial charge in [0.1, 0.15) is 0 Å². The zero-order valence-corrected chi connectivity index (χ0v) is 13.4. The van der Waals surface area contributed by atoms with Crippen LogP contribution in [-0.4, -0.2) is 28.5 Å². The summed E-state index contributed by atoms with van der Waals surface area (Å²) in [5, 5.41) is 1.22. The molecule has 0 saturated carbocycles. The van der Waals surface area contributed by atoms with E-state index in [4.69, 9.17) is 5.73 Å². The number of halogens is 1. The fourth-order valence-corrected chi connectivity index (χ4v) is 3.27. The lowest BCUT2D eigenvalue weighted by Gasteiger charge is -2.38. The zero-order valence-electron chi connectivity index (χ0n) is 12.5. The molecule has 0 aliphatic carbocycles. The van der Waals surface area contributed by atoms with Gasteiger partial charge in [0.15, 0.2) is 0 Å². The number of likely N-dealkylation sites (tertiary alicyclic amines) is 1. The Bertz CT molecular complexity index is 585. The molecular formula is C17H24ClN3. The maximum absolute atomic E-state index is 6.15. The number of aromatic nitrogens is 1. The Hall–Kier alpha value is -1.16. The fraction of sp³-hybridized carbons (Fsp3) is 0.471. The highest BCUT2D eigenvalue weighted by Gasteiger charge is 2.25. The molecule has 2 unspecified atom stereocenters. The summed E-state index contributed by atoms with van der Waals surface area (Å²) < 4.78 is 0. The van der Waals surface area contributed by atoms with Crippen LogP contribution in [-0.2, 0) is 6.54 Å². The van der Waals surface area contributed by atoms with Crippen LogP contribution in [0.5, 0.6) is 0 Å². The number of nitrogens with two attached hydrogens (primary N) is 1. The summed E-state index contributed by atoms with van der Waals surface area (Å²) in [6, 6.07) is 11.5. The van der Waals surface area contributed by atoms with Crippen LogP contribution >= 0.6 is 12.4 Å². The molecular weight excluding hydrogens is 282 g/mol. The molecule has 114 valence electrons. The van der Waals surface area contributed by atoms with Gasteiger partial charge in [0.05, 0.1) is 5.52 Å². The second kappa shape index (κ2) is 7.21. The molecule has 2 aromatic rings. The summed E-state index contributed by atoms with van der Waals surface area (Å²) in [4.78, 5) is 6.93. The first-order chi connectivity index (χ1) is 9.74. The second-order valence-electron chi connectivity index (χ2n) is 5.92. The van der Waals surface area contributed by atoms with E-state index in [0.717, 1.165) is 18.6 Å². The first-order valence-corrected chi connectivity index (χ1v) is 7.57. The van der Waals surface area contributed by atoms with Gasteiger partial charge in [-0.15, -0.1) is 12.4 Å². The quantitative estimate of drug-likeness (QED) is 0.945. The lowest BCUT2D eigenvalue weighted by atomic mass is 9.96. The lowest BCUT2D eigenvalue weighted by Crippen LogP contribution is -2.48. The summed E-state index contributed by atoms with van der Waals surface area (Å²) in [5.74, 6) is 0. The van der Waals surface area contributed by atoms with E-state index in [1.54, 1.807) is 0 Å². The predicted molar refractivity (Wildman–Crippen MR) is 90.7 cm³/mol. The molecule has 1 saturated heterocycles. The molecule has 1 fully saturated rings. The van der Waals surface area contributed by atoms with Crippen molar-refractivity contribution in [2.24, 2.45) is 5.73 Å². The Balaban J connectivity index is 0.00000161. The van der Waals surface area contributed by atoms with Crippen molar-refractivity contribution in [1.82, 2.24) is 9.88 Å². The molecule has 21 heavy (non-hydrogen) atoms. The van der Waals surface area contributed by atoms with Crippen LogP contribution in [0.1, 0.15) is 31.7 Å². The van der Waals surface area contributed by atoms with Crippen molar-refractivity contribution < 1.29 is 0 Å². The third-order valence-corrected chi connectivity index (χ3v) is 4.32. The zero-order chi connectivity index (χ0) is 13.9. The molecule has 2 N–H and O–H groups in total. The van der Waals surface area contributed by atoms with E-state index in [1.807, 2.05) is 12.3 Å². The van der Waals surface area contributed by atoms with Crippen molar-refractivity contribution in [1.29, 1.82) is 0 Å². The number of pyridine rings is 1. The van der Waals surface area contributed by atoms with Crippen LogP contribution in [0.15, 0.2) is 36.5 Å². The standard InChI is InChI=1S/C17H23N3.ClH/c1-13(18)17-6-2-3-10-20(17)12-14-7-8-16-15(11-14)5-4-9-19-16;/h4-5,7-9,11,13,17H,2-3,6,10,12,18H2,1H3;1H. The Morgan fingerprint density at radius 2 is 2.19 bits per heavy atom. The normalized spacial score (nSPS) is 21.0. The van der Waals surface area contributed by atoms with Gasteiger partial charge < -0.3 is 5.73 Å². The van der Waals surface area contributed by atoms with Gasteiger partial charge in [-0.1, -0.05) is 18.6 Å². The van der Waals surface area contributed by atoms with Gasteiger partial charge in [-0.2, -0.15) is 0 Å². The van der Waals surface area contributed by atoms with E-state index in [9.17, 15) is 0 Å². The molecule has 0 radical (unpaired) electrons. The van der Waals surface area contributed by atoms with Crippen molar-refractivity contribution >= 4 is 23.3 Å². The average Bonchev–Trinajstić information content (AvgIpc) is 2.47. The van der Waals surface area contributed by atoms with Gasteiger partial charge in [-0.25, -0.2) is 0 Å². The minimum Gasteiger partial charge on any atom is -0.327 e. The number of benzene rings is 1. The first-order valence-electron chi connectivity index (χ1n) is 7.57.